The smallest absolute Gasteiger partial charge is 0.228 e. The number of nitrogens with one attached hydrogen (secondary N) is 1. The van der Waals surface area contributed by atoms with Gasteiger partial charge in [0.05, 0.1) is 20.1 Å². The number of amides is 1. The van der Waals surface area contributed by atoms with Crippen LogP contribution in [0.2, 0.25) is 0 Å². The normalized spacial score (nSPS) is 10.2. The molecule has 1 amide bonds. The minimum Gasteiger partial charge on any atom is -0.496 e. The van der Waals surface area contributed by atoms with Crippen LogP contribution in [0.5, 0.6) is 5.75 Å². The van der Waals surface area contributed by atoms with E-state index in [9.17, 15) is 9.90 Å². The summed E-state index contributed by atoms with van der Waals surface area (Å²) in [5.41, 5.74) is 3.40. The average Bonchev–Trinajstić information content (AvgIpc) is 2.49. The Morgan fingerprint density at radius 2 is 1.95 bits per heavy atom. The number of aliphatic hydroxyl groups excluding tert-OH is 1. The van der Waals surface area contributed by atoms with E-state index in [0.29, 0.717) is 23.4 Å². The lowest BCUT2D eigenvalue weighted by Gasteiger charge is -2.11. The van der Waals surface area contributed by atoms with E-state index in [-0.39, 0.29) is 12.5 Å². The highest BCUT2D eigenvalue weighted by Crippen LogP contribution is 2.22. The highest BCUT2D eigenvalue weighted by Gasteiger charge is 2.08. The zero-order valence-corrected chi connectivity index (χ0v) is 12.2. The molecule has 4 nitrogen and oxygen atoms in total. The molecule has 0 atom stereocenters. The Bertz CT molecular complexity index is 638. The van der Waals surface area contributed by atoms with Crippen molar-refractivity contribution in [2.45, 2.75) is 20.0 Å². The first-order valence-corrected chi connectivity index (χ1v) is 6.76. The van der Waals surface area contributed by atoms with Crippen molar-refractivity contribution >= 4 is 11.6 Å². The maximum atomic E-state index is 12.1. The Labute approximate surface area is 124 Å². The number of benzene rings is 2. The fraction of sp³-hybridized carbons (Fsp3) is 0.235. The van der Waals surface area contributed by atoms with Crippen molar-refractivity contribution in [2.24, 2.45) is 0 Å². The third kappa shape index (κ3) is 3.83. The van der Waals surface area contributed by atoms with Gasteiger partial charge in [-0.05, 0) is 36.2 Å². The Hall–Kier alpha value is -2.33. The van der Waals surface area contributed by atoms with Crippen molar-refractivity contribution in [3.63, 3.8) is 0 Å². The molecular formula is C17H19NO3. The number of hydrogen-bond donors (Lipinski definition) is 2. The lowest BCUT2D eigenvalue weighted by molar-refractivity contribution is -0.115. The number of methoxy groups -OCH3 is 1. The predicted octanol–water partition coefficient (Wildman–Crippen LogP) is 2.68. The van der Waals surface area contributed by atoms with Gasteiger partial charge in [-0.3, -0.25) is 4.79 Å². The van der Waals surface area contributed by atoms with Crippen molar-refractivity contribution in [3.05, 3.63) is 59.2 Å². The fourth-order valence-corrected chi connectivity index (χ4v) is 2.17. The average molecular weight is 285 g/mol. The number of carbonyl (C=O) groups excluding carboxylic acids is 1. The van der Waals surface area contributed by atoms with E-state index < -0.39 is 0 Å². The van der Waals surface area contributed by atoms with E-state index in [1.165, 1.54) is 0 Å². The molecule has 0 spiro atoms. The van der Waals surface area contributed by atoms with Crippen LogP contribution >= 0.6 is 0 Å². The van der Waals surface area contributed by atoms with Crippen molar-refractivity contribution in [1.82, 2.24) is 0 Å². The number of aryl methyl sites for hydroxylation is 1. The Morgan fingerprint density at radius 3 is 2.62 bits per heavy atom. The number of carbonyl (C=O) groups is 1. The van der Waals surface area contributed by atoms with E-state index in [1.54, 1.807) is 25.3 Å². The number of ether oxygens (including phenoxy) is 1. The van der Waals surface area contributed by atoms with Gasteiger partial charge in [-0.25, -0.2) is 0 Å². The number of hydrogen-bond acceptors (Lipinski definition) is 3. The topological polar surface area (TPSA) is 58.6 Å². The van der Waals surface area contributed by atoms with Crippen molar-refractivity contribution in [3.8, 4) is 5.75 Å². The molecular weight excluding hydrogens is 266 g/mol. The second-order valence-corrected chi connectivity index (χ2v) is 4.84. The molecule has 0 heterocycles. The lowest BCUT2D eigenvalue weighted by atomic mass is 10.1. The first-order valence-electron chi connectivity index (χ1n) is 6.76. The van der Waals surface area contributed by atoms with Crippen LogP contribution in [0.1, 0.15) is 16.7 Å². The van der Waals surface area contributed by atoms with Crippen LogP contribution in [-0.4, -0.2) is 18.1 Å². The van der Waals surface area contributed by atoms with Gasteiger partial charge >= 0.3 is 0 Å². The van der Waals surface area contributed by atoms with Crippen LogP contribution < -0.4 is 10.1 Å². The number of anilines is 1. The summed E-state index contributed by atoms with van der Waals surface area (Å²) in [7, 11) is 1.55. The highest BCUT2D eigenvalue weighted by atomic mass is 16.5. The summed E-state index contributed by atoms with van der Waals surface area (Å²) < 4.78 is 5.13. The van der Waals surface area contributed by atoms with Gasteiger partial charge in [-0.2, -0.15) is 0 Å². The molecule has 0 unspecified atom stereocenters. The lowest BCUT2D eigenvalue weighted by Crippen LogP contribution is -2.15. The monoisotopic (exact) mass is 285 g/mol. The predicted molar refractivity (Wildman–Crippen MR) is 82.4 cm³/mol. The molecule has 110 valence electrons. The SMILES string of the molecule is COc1ccc(NC(=O)Cc2ccccc2C)cc1CO. The molecule has 21 heavy (non-hydrogen) atoms. The molecule has 0 aliphatic carbocycles. The van der Waals surface area contributed by atoms with Crippen LogP contribution in [-0.2, 0) is 17.8 Å². The van der Waals surface area contributed by atoms with Gasteiger partial charge < -0.3 is 15.2 Å². The second kappa shape index (κ2) is 6.90. The van der Waals surface area contributed by atoms with E-state index >= 15 is 0 Å². The standard InChI is InChI=1S/C17H19NO3/c1-12-5-3-4-6-13(12)10-17(20)18-15-7-8-16(21-2)14(9-15)11-19/h3-9,19H,10-11H2,1-2H3,(H,18,20). The first-order chi connectivity index (χ1) is 10.1. The largest absolute Gasteiger partial charge is 0.496 e. The van der Waals surface area contributed by atoms with Crippen LogP contribution in [0, 0.1) is 6.92 Å². The zero-order valence-electron chi connectivity index (χ0n) is 12.2. The molecule has 2 rings (SSSR count). The Morgan fingerprint density at radius 1 is 1.19 bits per heavy atom. The zero-order chi connectivity index (χ0) is 15.2. The quantitative estimate of drug-likeness (QED) is 0.888. The Kier molecular flexibility index (Phi) is 4.95. The van der Waals surface area contributed by atoms with Gasteiger partial charge in [-0.15, -0.1) is 0 Å². The maximum Gasteiger partial charge on any atom is 0.228 e. The van der Waals surface area contributed by atoms with Gasteiger partial charge in [0.15, 0.2) is 0 Å². The molecule has 0 bridgehead atoms. The van der Waals surface area contributed by atoms with Gasteiger partial charge in [-0.1, -0.05) is 24.3 Å². The summed E-state index contributed by atoms with van der Waals surface area (Å²) in [6.07, 6.45) is 0.327. The molecule has 0 fully saturated rings. The molecule has 0 saturated carbocycles. The maximum absolute atomic E-state index is 12.1. The van der Waals surface area contributed by atoms with Gasteiger partial charge in [0, 0.05) is 11.3 Å². The van der Waals surface area contributed by atoms with E-state index in [4.69, 9.17) is 4.74 Å². The summed E-state index contributed by atoms with van der Waals surface area (Å²) in [6.45, 7) is 1.85. The molecule has 2 aromatic rings. The number of rotatable bonds is 5. The molecule has 0 aliphatic heterocycles. The van der Waals surface area contributed by atoms with E-state index in [0.717, 1.165) is 11.1 Å². The molecule has 0 radical (unpaired) electrons. The summed E-state index contributed by atoms with van der Waals surface area (Å²) in [4.78, 5) is 12.1. The van der Waals surface area contributed by atoms with Crippen LogP contribution in [0.25, 0.3) is 0 Å². The molecule has 2 aromatic carbocycles. The van der Waals surface area contributed by atoms with Crippen LogP contribution in [0.4, 0.5) is 5.69 Å². The summed E-state index contributed by atoms with van der Waals surface area (Å²) >= 11 is 0. The van der Waals surface area contributed by atoms with Crippen LogP contribution in [0.3, 0.4) is 0 Å². The summed E-state index contributed by atoms with van der Waals surface area (Å²) in [6, 6.07) is 13.0. The highest BCUT2D eigenvalue weighted by molar-refractivity contribution is 5.92. The van der Waals surface area contributed by atoms with Crippen molar-refractivity contribution < 1.29 is 14.6 Å². The van der Waals surface area contributed by atoms with Crippen molar-refractivity contribution in [1.29, 1.82) is 0 Å². The van der Waals surface area contributed by atoms with E-state index in [2.05, 4.69) is 5.32 Å². The van der Waals surface area contributed by atoms with Crippen LogP contribution in [0.15, 0.2) is 42.5 Å². The summed E-state index contributed by atoms with van der Waals surface area (Å²) in [5.74, 6) is 0.521. The summed E-state index contributed by atoms with van der Waals surface area (Å²) in [5, 5.41) is 12.1. The van der Waals surface area contributed by atoms with Gasteiger partial charge in [0.1, 0.15) is 5.75 Å². The molecule has 4 heteroatoms. The Balaban J connectivity index is 2.08. The minimum atomic E-state index is -0.134. The molecule has 0 saturated heterocycles. The third-order valence-electron chi connectivity index (χ3n) is 3.35. The van der Waals surface area contributed by atoms with Crippen molar-refractivity contribution in [2.75, 3.05) is 12.4 Å². The third-order valence-corrected chi connectivity index (χ3v) is 3.35. The van der Waals surface area contributed by atoms with E-state index in [1.807, 2.05) is 31.2 Å². The molecule has 0 aliphatic rings. The second-order valence-electron chi connectivity index (χ2n) is 4.84. The molecule has 0 aromatic heterocycles. The van der Waals surface area contributed by atoms with Gasteiger partial charge in [0.2, 0.25) is 5.91 Å². The number of aliphatic hydroxyl groups is 1. The van der Waals surface area contributed by atoms with Gasteiger partial charge in [0.25, 0.3) is 0 Å². The minimum absolute atomic E-state index is 0.0849. The first kappa shape index (κ1) is 15.1. The molecule has 2 N–H and O–H groups in total. The fourth-order valence-electron chi connectivity index (χ4n) is 2.17.